The van der Waals surface area contributed by atoms with Crippen LogP contribution in [0.1, 0.15) is 41.0 Å². The van der Waals surface area contributed by atoms with E-state index in [0.29, 0.717) is 17.5 Å². The van der Waals surface area contributed by atoms with E-state index in [1.807, 2.05) is 6.92 Å². The van der Waals surface area contributed by atoms with Crippen LogP contribution < -0.4 is 5.32 Å². The van der Waals surface area contributed by atoms with Crippen molar-refractivity contribution in [3.8, 4) is 0 Å². The number of amides is 1. The predicted molar refractivity (Wildman–Crippen MR) is 82.8 cm³/mol. The molecule has 1 aromatic carbocycles. The first-order valence-corrected chi connectivity index (χ1v) is 7.54. The van der Waals surface area contributed by atoms with Crippen LogP contribution in [0, 0.1) is 0 Å². The number of carbonyl (C=O) groups is 2. The zero-order chi connectivity index (χ0) is 15.3. The Balaban J connectivity index is 2.87. The van der Waals surface area contributed by atoms with Crippen LogP contribution in [0.4, 0.5) is 0 Å². The number of ketones is 1. The molecule has 1 unspecified atom stereocenters. The molecule has 0 aliphatic heterocycles. The van der Waals surface area contributed by atoms with E-state index in [0.717, 1.165) is 0 Å². The first-order valence-electron chi connectivity index (χ1n) is 6.14. The molecular formula is C14H16Cl3NO2. The van der Waals surface area contributed by atoms with Gasteiger partial charge < -0.3 is 5.32 Å². The van der Waals surface area contributed by atoms with Gasteiger partial charge in [0.25, 0.3) is 5.91 Å². The molecule has 1 N–H and O–H groups in total. The Hall–Kier alpha value is -0.770. The second-order valence-electron chi connectivity index (χ2n) is 4.62. The number of nitrogens with one attached hydrogen (secondary N) is 1. The van der Waals surface area contributed by atoms with Gasteiger partial charge in [-0.15, -0.1) is 34.8 Å². The van der Waals surface area contributed by atoms with Gasteiger partial charge in [-0.1, -0.05) is 19.1 Å². The lowest BCUT2D eigenvalue weighted by molar-refractivity contribution is -0.122. The van der Waals surface area contributed by atoms with Gasteiger partial charge in [0.1, 0.15) is 4.84 Å². The van der Waals surface area contributed by atoms with Crippen molar-refractivity contribution in [1.29, 1.82) is 0 Å². The van der Waals surface area contributed by atoms with Gasteiger partial charge in [0.15, 0.2) is 5.78 Å². The van der Waals surface area contributed by atoms with Crippen LogP contribution in [0.5, 0.6) is 0 Å². The minimum absolute atomic E-state index is 0.135. The van der Waals surface area contributed by atoms with E-state index >= 15 is 0 Å². The van der Waals surface area contributed by atoms with Crippen molar-refractivity contribution in [1.82, 2.24) is 5.32 Å². The molecule has 110 valence electrons. The molecule has 0 aliphatic carbocycles. The number of halogens is 3. The third kappa shape index (κ3) is 4.11. The molecule has 1 atom stereocenters. The highest BCUT2D eigenvalue weighted by atomic mass is 35.5. The summed E-state index contributed by atoms with van der Waals surface area (Å²) in [6.45, 7) is 3.48. The molecular weight excluding hydrogens is 321 g/mol. The lowest BCUT2D eigenvalue weighted by Gasteiger charge is -2.27. The van der Waals surface area contributed by atoms with Crippen LogP contribution in [0.2, 0.25) is 0 Å². The van der Waals surface area contributed by atoms with Crippen molar-refractivity contribution in [2.45, 2.75) is 30.6 Å². The van der Waals surface area contributed by atoms with Gasteiger partial charge in [-0.3, -0.25) is 9.59 Å². The molecule has 0 saturated heterocycles. The fraction of sp³-hybridized carbons (Fsp3) is 0.429. The zero-order valence-electron chi connectivity index (χ0n) is 11.3. The molecule has 3 nitrogen and oxygen atoms in total. The maximum Gasteiger partial charge on any atom is 0.252 e. The largest absolute Gasteiger partial charge is 0.340 e. The van der Waals surface area contributed by atoms with Crippen molar-refractivity contribution in [3.63, 3.8) is 0 Å². The van der Waals surface area contributed by atoms with Crippen molar-refractivity contribution in [2.24, 2.45) is 0 Å². The van der Waals surface area contributed by atoms with E-state index in [2.05, 4.69) is 5.32 Å². The van der Waals surface area contributed by atoms with E-state index in [9.17, 15) is 9.59 Å². The smallest absolute Gasteiger partial charge is 0.252 e. The molecule has 0 radical (unpaired) electrons. The summed E-state index contributed by atoms with van der Waals surface area (Å²) in [6, 6.07) is 6.58. The van der Waals surface area contributed by atoms with E-state index in [-0.39, 0.29) is 17.6 Å². The molecule has 0 bridgehead atoms. The Labute approximate surface area is 133 Å². The van der Waals surface area contributed by atoms with E-state index < -0.39 is 10.4 Å². The van der Waals surface area contributed by atoms with Gasteiger partial charge in [-0.25, -0.2) is 0 Å². The average Bonchev–Trinajstić information content (AvgIpc) is 2.46. The Morgan fingerprint density at radius 2 is 1.80 bits per heavy atom. The third-order valence-electron chi connectivity index (χ3n) is 3.26. The Kier molecular flexibility index (Phi) is 6.31. The number of alkyl halides is 3. The van der Waals surface area contributed by atoms with Gasteiger partial charge in [0.2, 0.25) is 0 Å². The number of benzene rings is 1. The summed E-state index contributed by atoms with van der Waals surface area (Å²) in [5.74, 6) is -0.683. The maximum absolute atomic E-state index is 12.1. The summed E-state index contributed by atoms with van der Waals surface area (Å²) in [4.78, 5) is 23.3. The Bertz CT molecular complexity index is 488. The van der Waals surface area contributed by atoms with Crippen molar-refractivity contribution in [3.05, 3.63) is 35.4 Å². The van der Waals surface area contributed by atoms with Crippen LogP contribution in [-0.2, 0) is 4.79 Å². The van der Waals surface area contributed by atoms with Crippen LogP contribution in [0.3, 0.4) is 0 Å². The lowest BCUT2D eigenvalue weighted by atomic mass is 9.93. The molecule has 1 rings (SSSR count). The number of hydrogen-bond donors (Lipinski definition) is 1. The van der Waals surface area contributed by atoms with Gasteiger partial charge in [-0.05, 0) is 31.0 Å². The molecule has 1 amide bonds. The number of hydrogen-bond acceptors (Lipinski definition) is 2. The first-order chi connectivity index (χ1) is 9.34. The summed E-state index contributed by atoms with van der Waals surface area (Å²) >= 11 is 17.0. The van der Waals surface area contributed by atoms with E-state index in [4.69, 9.17) is 34.8 Å². The molecule has 0 saturated carbocycles. The number of carbonyl (C=O) groups excluding carboxylic acids is 2. The average molecular weight is 337 g/mol. The highest BCUT2D eigenvalue weighted by Crippen LogP contribution is 2.24. The summed E-state index contributed by atoms with van der Waals surface area (Å²) in [6.07, 6.45) is 0.466. The highest BCUT2D eigenvalue weighted by molar-refractivity contribution is 6.44. The molecule has 0 heterocycles. The van der Waals surface area contributed by atoms with Crippen LogP contribution >= 0.6 is 34.8 Å². The van der Waals surface area contributed by atoms with Gasteiger partial charge in [0.05, 0.1) is 11.4 Å². The van der Waals surface area contributed by atoms with Gasteiger partial charge >= 0.3 is 0 Å². The Morgan fingerprint density at radius 1 is 1.25 bits per heavy atom. The minimum Gasteiger partial charge on any atom is -0.340 e. The molecule has 20 heavy (non-hydrogen) atoms. The third-order valence-corrected chi connectivity index (χ3v) is 4.00. The minimum atomic E-state index is -0.959. The summed E-state index contributed by atoms with van der Waals surface area (Å²) in [5, 5.41) is 2.72. The van der Waals surface area contributed by atoms with Gasteiger partial charge in [-0.2, -0.15) is 0 Å². The summed E-state index contributed by atoms with van der Waals surface area (Å²) < 4.78 is 0. The number of Topliss-reactive ketones (excluding diaryl/α,β-unsaturated/α-hetero) is 1. The van der Waals surface area contributed by atoms with Crippen LogP contribution in [0.15, 0.2) is 24.3 Å². The van der Waals surface area contributed by atoms with Crippen molar-refractivity contribution < 1.29 is 9.59 Å². The quantitative estimate of drug-likeness (QED) is 0.802. The Morgan fingerprint density at radius 3 is 2.20 bits per heavy atom. The summed E-state index contributed by atoms with van der Waals surface area (Å²) in [7, 11) is 0. The summed E-state index contributed by atoms with van der Waals surface area (Å²) in [5.41, 5.74) is 0.184. The van der Waals surface area contributed by atoms with Crippen molar-refractivity contribution >= 4 is 46.5 Å². The number of rotatable bonds is 6. The second-order valence-corrected chi connectivity index (χ2v) is 5.98. The topological polar surface area (TPSA) is 46.2 Å². The SMILES string of the molecule is CCC(C)(NC(=O)c1ccc(C(Cl)Cl)cc1)C(=O)CCl. The molecule has 0 spiro atoms. The molecule has 1 aromatic rings. The fourth-order valence-corrected chi connectivity index (χ4v) is 2.19. The fourth-order valence-electron chi connectivity index (χ4n) is 1.61. The lowest BCUT2D eigenvalue weighted by Crippen LogP contribution is -2.52. The van der Waals surface area contributed by atoms with E-state index in [1.165, 1.54) is 0 Å². The second kappa shape index (κ2) is 7.30. The molecule has 0 fully saturated rings. The van der Waals surface area contributed by atoms with Crippen LogP contribution in [0.25, 0.3) is 0 Å². The molecule has 0 aromatic heterocycles. The first kappa shape index (κ1) is 17.3. The normalized spacial score (nSPS) is 13.9. The van der Waals surface area contributed by atoms with Gasteiger partial charge in [0, 0.05) is 5.56 Å². The molecule has 0 aliphatic rings. The van der Waals surface area contributed by atoms with Crippen molar-refractivity contribution in [2.75, 3.05) is 5.88 Å². The highest BCUT2D eigenvalue weighted by Gasteiger charge is 2.32. The monoisotopic (exact) mass is 335 g/mol. The zero-order valence-corrected chi connectivity index (χ0v) is 13.5. The van der Waals surface area contributed by atoms with E-state index in [1.54, 1.807) is 31.2 Å². The van der Waals surface area contributed by atoms with Crippen LogP contribution in [-0.4, -0.2) is 23.1 Å². The standard InChI is InChI=1S/C14H16Cl3NO2/c1-3-14(2,11(19)8-15)18-13(20)10-6-4-9(5-7-10)12(16)17/h4-7,12H,3,8H2,1-2H3,(H,18,20). The molecule has 6 heteroatoms. The predicted octanol–water partition coefficient (Wildman–Crippen LogP) is 3.87. The maximum atomic E-state index is 12.1.